The summed E-state index contributed by atoms with van der Waals surface area (Å²) in [7, 11) is 0. The molecule has 1 aromatic carbocycles. The molecule has 1 unspecified atom stereocenters. The smallest absolute Gasteiger partial charge is 0.393 e. The maximum atomic E-state index is 12.2. The molecule has 4 heteroatoms. The van der Waals surface area contributed by atoms with Crippen LogP contribution < -0.4 is 0 Å². The highest BCUT2D eigenvalue weighted by atomic mass is 19.4. The summed E-state index contributed by atoms with van der Waals surface area (Å²) >= 11 is 0. The van der Waals surface area contributed by atoms with Gasteiger partial charge < -0.3 is 5.11 Å². The van der Waals surface area contributed by atoms with Crippen molar-refractivity contribution in [1.29, 1.82) is 0 Å². The molecular weight excluding hydrogens is 217 g/mol. The molecule has 0 aliphatic rings. The van der Waals surface area contributed by atoms with Gasteiger partial charge >= 0.3 is 6.18 Å². The molecule has 1 N–H and O–H groups in total. The number of para-hydroxylation sites is 1. The van der Waals surface area contributed by atoms with Crippen LogP contribution in [0.25, 0.3) is 0 Å². The van der Waals surface area contributed by atoms with Crippen LogP contribution in [0.4, 0.5) is 13.2 Å². The van der Waals surface area contributed by atoms with Crippen LogP contribution in [0.15, 0.2) is 18.2 Å². The van der Waals surface area contributed by atoms with Gasteiger partial charge in [0.15, 0.2) is 0 Å². The zero-order valence-corrected chi connectivity index (χ0v) is 9.30. The first-order valence-electron chi connectivity index (χ1n) is 5.22. The highest BCUT2D eigenvalue weighted by Crippen LogP contribution is 2.34. The van der Waals surface area contributed by atoms with Crippen molar-refractivity contribution in [3.63, 3.8) is 0 Å². The minimum absolute atomic E-state index is 0.0506. The molecule has 0 aliphatic carbocycles. The predicted octanol–water partition coefficient (Wildman–Crippen LogP) is 4.01. The molecular formula is C12H15F3O. The first-order valence-corrected chi connectivity index (χ1v) is 5.22. The number of halogens is 3. The van der Waals surface area contributed by atoms with Gasteiger partial charge in [0, 0.05) is 5.56 Å². The number of alkyl halides is 3. The fraction of sp³-hybridized carbons (Fsp3) is 0.500. The van der Waals surface area contributed by atoms with Crippen LogP contribution in [0.1, 0.15) is 37.3 Å². The third kappa shape index (κ3) is 3.15. The van der Waals surface area contributed by atoms with E-state index in [0.717, 1.165) is 6.42 Å². The average Bonchev–Trinajstić information content (AvgIpc) is 2.18. The second-order valence-corrected chi connectivity index (χ2v) is 3.96. The molecule has 1 aromatic rings. The molecule has 0 aromatic heterocycles. The van der Waals surface area contributed by atoms with Gasteiger partial charge in [0.05, 0.1) is 6.42 Å². The molecule has 0 radical (unpaired) electrons. The average molecular weight is 232 g/mol. The Hall–Kier alpha value is -1.19. The van der Waals surface area contributed by atoms with E-state index in [-0.39, 0.29) is 17.2 Å². The Morgan fingerprint density at radius 1 is 1.31 bits per heavy atom. The lowest BCUT2D eigenvalue weighted by Crippen LogP contribution is -2.12. The lowest BCUT2D eigenvalue weighted by Gasteiger charge is -2.15. The van der Waals surface area contributed by atoms with E-state index in [1.165, 1.54) is 6.07 Å². The maximum Gasteiger partial charge on any atom is 0.393 e. The minimum atomic E-state index is -4.29. The van der Waals surface area contributed by atoms with E-state index < -0.39 is 12.6 Å². The van der Waals surface area contributed by atoms with Crippen molar-refractivity contribution in [2.24, 2.45) is 0 Å². The van der Waals surface area contributed by atoms with Crippen LogP contribution in [0, 0.1) is 0 Å². The monoisotopic (exact) mass is 232 g/mol. The van der Waals surface area contributed by atoms with Crippen molar-refractivity contribution in [2.45, 2.75) is 38.8 Å². The van der Waals surface area contributed by atoms with Crippen LogP contribution in [-0.4, -0.2) is 11.3 Å². The van der Waals surface area contributed by atoms with E-state index in [0.29, 0.717) is 5.56 Å². The predicted molar refractivity (Wildman–Crippen MR) is 56.6 cm³/mol. The number of benzene rings is 1. The number of phenolic OH excluding ortho intramolecular Hbond substituents is 1. The van der Waals surface area contributed by atoms with Gasteiger partial charge in [0.2, 0.25) is 0 Å². The van der Waals surface area contributed by atoms with Gasteiger partial charge in [-0.25, -0.2) is 0 Å². The Balaban J connectivity index is 3.04. The number of aromatic hydroxyl groups is 1. The topological polar surface area (TPSA) is 20.2 Å². The lowest BCUT2D eigenvalue weighted by atomic mass is 9.94. The summed E-state index contributed by atoms with van der Waals surface area (Å²) in [6.45, 7) is 3.81. The van der Waals surface area contributed by atoms with E-state index in [1.54, 1.807) is 12.1 Å². The van der Waals surface area contributed by atoms with Gasteiger partial charge in [-0.05, 0) is 17.9 Å². The standard InChI is InChI=1S/C12H15F3O/c1-3-8(2)10-6-4-5-9(11(10)16)7-12(13,14)15/h4-6,8,16H,3,7H2,1-2H3. The third-order valence-electron chi connectivity index (χ3n) is 2.68. The van der Waals surface area contributed by atoms with Crippen LogP contribution in [0.2, 0.25) is 0 Å². The van der Waals surface area contributed by atoms with Crippen molar-refractivity contribution in [3.8, 4) is 5.75 Å². The van der Waals surface area contributed by atoms with E-state index in [1.807, 2.05) is 13.8 Å². The molecule has 0 saturated carbocycles. The highest BCUT2D eigenvalue weighted by Gasteiger charge is 2.29. The van der Waals surface area contributed by atoms with Gasteiger partial charge in [-0.1, -0.05) is 32.0 Å². The van der Waals surface area contributed by atoms with Crippen LogP contribution >= 0.6 is 0 Å². The molecule has 1 nitrogen and oxygen atoms in total. The minimum Gasteiger partial charge on any atom is -0.507 e. The van der Waals surface area contributed by atoms with E-state index in [2.05, 4.69) is 0 Å². The zero-order valence-electron chi connectivity index (χ0n) is 9.30. The molecule has 0 aliphatic heterocycles. The Morgan fingerprint density at radius 3 is 2.44 bits per heavy atom. The number of hydrogen-bond donors (Lipinski definition) is 1. The summed E-state index contributed by atoms with van der Waals surface area (Å²) in [4.78, 5) is 0. The summed E-state index contributed by atoms with van der Waals surface area (Å²) in [6, 6.07) is 4.54. The second kappa shape index (κ2) is 4.76. The van der Waals surface area contributed by atoms with Crippen molar-refractivity contribution in [1.82, 2.24) is 0 Å². The van der Waals surface area contributed by atoms with E-state index >= 15 is 0 Å². The highest BCUT2D eigenvalue weighted by molar-refractivity contribution is 5.42. The molecule has 0 bridgehead atoms. The second-order valence-electron chi connectivity index (χ2n) is 3.96. The summed E-state index contributed by atoms with van der Waals surface area (Å²) < 4.78 is 36.7. The SMILES string of the molecule is CCC(C)c1cccc(CC(F)(F)F)c1O. The first kappa shape index (κ1) is 12.9. The van der Waals surface area contributed by atoms with Crippen molar-refractivity contribution in [3.05, 3.63) is 29.3 Å². The quantitative estimate of drug-likeness (QED) is 0.834. The van der Waals surface area contributed by atoms with Crippen LogP contribution in [0.3, 0.4) is 0 Å². The molecule has 1 atom stereocenters. The van der Waals surface area contributed by atoms with Gasteiger partial charge in [-0.15, -0.1) is 0 Å². The number of phenols is 1. The van der Waals surface area contributed by atoms with Crippen molar-refractivity contribution in [2.75, 3.05) is 0 Å². The molecule has 0 heterocycles. The Labute approximate surface area is 92.9 Å². The van der Waals surface area contributed by atoms with Gasteiger partial charge in [0.25, 0.3) is 0 Å². The Kier molecular flexibility index (Phi) is 3.83. The molecule has 1 rings (SSSR count). The Morgan fingerprint density at radius 2 is 1.94 bits per heavy atom. The molecule has 0 fully saturated rings. The summed E-state index contributed by atoms with van der Waals surface area (Å²) in [5.41, 5.74) is 0.537. The summed E-state index contributed by atoms with van der Waals surface area (Å²) in [6.07, 6.45) is -4.59. The zero-order chi connectivity index (χ0) is 12.3. The first-order chi connectivity index (χ1) is 7.35. The summed E-state index contributed by atoms with van der Waals surface area (Å²) in [5.74, 6) is -0.151. The van der Waals surface area contributed by atoms with Gasteiger partial charge in [-0.2, -0.15) is 13.2 Å². The largest absolute Gasteiger partial charge is 0.507 e. The lowest BCUT2D eigenvalue weighted by molar-refractivity contribution is -0.127. The van der Waals surface area contributed by atoms with Gasteiger partial charge in [-0.3, -0.25) is 0 Å². The number of hydrogen-bond acceptors (Lipinski definition) is 1. The molecule has 0 spiro atoms. The van der Waals surface area contributed by atoms with Crippen molar-refractivity contribution < 1.29 is 18.3 Å². The van der Waals surface area contributed by atoms with E-state index in [9.17, 15) is 18.3 Å². The molecule has 90 valence electrons. The fourth-order valence-corrected chi connectivity index (χ4v) is 1.59. The third-order valence-corrected chi connectivity index (χ3v) is 2.68. The fourth-order valence-electron chi connectivity index (χ4n) is 1.59. The summed E-state index contributed by atoms with van der Waals surface area (Å²) in [5, 5.41) is 9.75. The Bertz CT molecular complexity index is 358. The molecule has 0 amide bonds. The van der Waals surface area contributed by atoms with Crippen LogP contribution in [-0.2, 0) is 6.42 Å². The normalized spacial score (nSPS) is 13.8. The van der Waals surface area contributed by atoms with Crippen LogP contribution in [0.5, 0.6) is 5.75 Å². The molecule has 16 heavy (non-hydrogen) atoms. The van der Waals surface area contributed by atoms with Gasteiger partial charge in [0.1, 0.15) is 5.75 Å². The molecule has 0 saturated heterocycles. The maximum absolute atomic E-state index is 12.2. The van der Waals surface area contributed by atoms with Crippen molar-refractivity contribution >= 4 is 0 Å². The number of rotatable bonds is 3. The van der Waals surface area contributed by atoms with E-state index in [4.69, 9.17) is 0 Å².